The molecule has 1 nitrogen and oxygen atoms in total. The Labute approximate surface area is 74.2 Å². The maximum absolute atomic E-state index is 10.7. The van der Waals surface area contributed by atoms with Crippen molar-refractivity contribution in [3.05, 3.63) is 24.3 Å². The summed E-state index contributed by atoms with van der Waals surface area (Å²) in [5, 5.41) is 0. The minimum absolute atomic E-state index is 0.306. The van der Waals surface area contributed by atoms with E-state index in [4.69, 9.17) is 0 Å². The van der Waals surface area contributed by atoms with E-state index in [-0.39, 0.29) is 0 Å². The third kappa shape index (κ3) is 3.51. The van der Waals surface area contributed by atoms with Crippen molar-refractivity contribution in [1.82, 2.24) is 0 Å². The zero-order valence-corrected chi connectivity index (χ0v) is 7.62. The zero-order chi connectivity index (χ0) is 8.81. The monoisotopic (exact) mass is 164 g/mol. The Morgan fingerprint density at radius 3 is 3.08 bits per heavy atom. The Balaban J connectivity index is 2.28. The van der Waals surface area contributed by atoms with E-state index in [1.165, 1.54) is 6.42 Å². The van der Waals surface area contributed by atoms with Crippen LogP contribution in [0.15, 0.2) is 24.3 Å². The van der Waals surface area contributed by atoms with Gasteiger partial charge in [0.2, 0.25) is 0 Å². The van der Waals surface area contributed by atoms with Crippen molar-refractivity contribution in [3.8, 4) is 0 Å². The van der Waals surface area contributed by atoms with Gasteiger partial charge in [-0.2, -0.15) is 0 Å². The van der Waals surface area contributed by atoms with Crippen molar-refractivity contribution in [2.24, 2.45) is 5.92 Å². The fourth-order valence-corrected chi connectivity index (χ4v) is 1.43. The average Bonchev–Trinajstić information content (AvgIpc) is 2.28. The van der Waals surface area contributed by atoms with E-state index in [2.05, 4.69) is 24.3 Å². The van der Waals surface area contributed by atoms with E-state index < -0.39 is 0 Å². The number of rotatable bonds is 3. The highest BCUT2D eigenvalue weighted by Crippen LogP contribution is 2.18. The SMILES string of the molecule is CC(=O)CC[C@@H]1C=CC=CCC1. The maximum Gasteiger partial charge on any atom is 0.129 e. The lowest BCUT2D eigenvalue weighted by atomic mass is 9.97. The Morgan fingerprint density at radius 2 is 2.33 bits per heavy atom. The fraction of sp³-hybridized carbons (Fsp3) is 0.545. The lowest BCUT2D eigenvalue weighted by molar-refractivity contribution is -0.117. The van der Waals surface area contributed by atoms with Crippen molar-refractivity contribution < 1.29 is 4.79 Å². The molecule has 0 heterocycles. The van der Waals surface area contributed by atoms with Gasteiger partial charge >= 0.3 is 0 Å². The van der Waals surface area contributed by atoms with Gasteiger partial charge in [-0.15, -0.1) is 0 Å². The predicted octanol–water partition coefficient (Wildman–Crippen LogP) is 2.88. The molecule has 1 rings (SSSR count). The minimum atomic E-state index is 0.306. The summed E-state index contributed by atoms with van der Waals surface area (Å²) in [5.41, 5.74) is 0. The molecular formula is C11H16O. The van der Waals surface area contributed by atoms with Crippen molar-refractivity contribution in [3.63, 3.8) is 0 Å². The van der Waals surface area contributed by atoms with Gasteiger partial charge in [-0.3, -0.25) is 0 Å². The Hall–Kier alpha value is -0.850. The molecule has 0 bridgehead atoms. The minimum Gasteiger partial charge on any atom is -0.300 e. The van der Waals surface area contributed by atoms with Crippen LogP contribution in [-0.4, -0.2) is 5.78 Å². The van der Waals surface area contributed by atoms with Crippen LogP contribution in [-0.2, 0) is 4.79 Å². The van der Waals surface area contributed by atoms with Crippen molar-refractivity contribution in [2.75, 3.05) is 0 Å². The summed E-state index contributed by atoms with van der Waals surface area (Å²) in [5.74, 6) is 0.921. The Bertz CT molecular complexity index is 201. The van der Waals surface area contributed by atoms with E-state index in [0.29, 0.717) is 11.7 Å². The molecule has 12 heavy (non-hydrogen) atoms. The second-order valence-corrected chi connectivity index (χ2v) is 3.39. The number of hydrogen-bond acceptors (Lipinski definition) is 1. The molecule has 0 N–H and O–H groups in total. The van der Waals surface area contributed by atoms with Crippen LogP contribution in [0.3, 0.4) is 0 Å². The summed E-state index contributed by atoms with van der Waals surface area (Å²) in [4.78, 5) is 10.7. The molecule has 66 valence electrons. The largest absolute Gasteiger partial charge is 0.300 e. The molecule has 1 aliphatic rings. The molecular weight excluding hydrogens is 148 g/mol. The number of Topliss-reactive ketones (excluding diaryl/α,β-unsaturated/α-hetero) is 1. The van der Waals surface area contributed by atoms with Crippen LogP contribution < -0.4 is 0 Å². The van der Waals surface area contributed by atoms with Crippen LogP contribution in [0.1, 0.15) is 32.6 Å². The topological polar surface area (TPSA) is 17.1 Å². The van der Waals surface area contributed by atoms with Gasteiger partial charge in [0.05, 0.1) is 0 Å². The molecule has 0 saturated carbocycles. The smallest absolute Gasteiger partial charge is 0.129 e. The number of hydrogen-bond donors (Lipinski definition) is 0. The molecule has 0 spiro atoms. The highest BCUT2D eigenvalue weighted by molar-refractivity contribution is 5.75. The van der Waals surface area contributed by atoms with Gasteiger partial charge in [0.25, 0.3) is 0 Å². The molecule has 1 atom stereocenters. The van der Waals surface area contributed by atoms with Crippen molar-refractivity contribution in [2.45, 2.75) is 32.6 Å². The molecule has 0 amide bonds. The predicted molar refractivity (Wildman–Crippen MR) is 50.9 cm³/mol. The van der Waals surface area contributed by atoms with E-state index in [9.17, 15) is 4.79 Å². The standard InChI is InChI=1S/C11H16O/c1-10(12)8-9-11-6-4-2-3-5-7-11/h2-4,6,11H,5,7-9H2,1H3/t11-/m1/s1. The van der Waals surface area contributed by atoms with Gasteiger partial charge in [-0.1, -0.05) is 24.3 Å². The highest BCUT2D eigenvalue weighted by atomic mass is 16.1. The number of carbonyl (C=O) groups is 1. The average molecular weight is 164 g/mol. The van der Waals surface area contributed by atoms with Gasteiger partial charge in [-0.05, 0) is 32.1 Å². The summed E-state index contributed by atoms with van der Waals surface area (Å²) in [6.07, 6.45) is 12.7. The second kappa shape index (κ2) is 4.91. The lowest BCUT2D eigenvalue weighted by Gasteiger charge is -2.08. The van der Waals surface area contributed by atoms with Crippen LogP contribution in [0.5, 0.6) is 0 Å². The van der Waals surface area contributed by atoms with E-state index >= 15 is 0 Å². The molecule has 0 fully saturated rings. The molecule has 0 unspecified atom stereocenters. The fourth-order valence-electron chi connectivity index (χ4n) is 1.43. The summed E-state index contributed by atoms with van der Waals surface area (Å²) in [7, 11) is 0. The first kappa shape index (κ1) is 9.24. The first-order chi connectivity index (χ1) is 5.79. The third-order valence-corrected chi connectivity index (χ3v) is 2.20. The van der Waals surface area contributed by atoms with Gasteiger partial charge in [0, 0.05) is 6.42 Å². The lowest BCUT2D eigenvalue weighted by Crippen LogP contribution is -1.99. The van der Waals surface area contributed by atoms with Crippen LogP contribution in [0.4, 0.5) is 0 Å². The summed E-state index contributed by atoms with van der Waals surface area (Å²) < 4.78 is 0. The van der Waals surface area contributed by atoms with E-state index in [0.717, 1.165) is 19.3 Å². The molecule has 0 saturated heterocycles. The molecule has 0 radical (unpaired) electrons. The quantitative estimate of drug-likeness (QED) is 0.626. The molecule has 0 aromatic carbocycles. The first-order valence-electron chi connectivity index (χ1n) is 4.62. The number of allylic oxidation sites excluding steroid dienone is 4. The number of carbonyl (C=O) groups excluding carboxylic acids is 1. The molecule has 0 aromatic heterocycles. The van der Waals surface area contributed by atoms with Crippen LogP contribution in [0.25, 0.3) is 0 Å². The third-order valence-electron chi connectivity index (χ3n) is 2.20. The van der Waals surface area contributed by atoms with E-state index in [1.807, 2.05) is 0 Å². The second-order valence-electron chi connectivity index (χ2n) is 3.39. The van der Waals surface area contributed by atoms with Gasteiger partial charge in [0.15, 0.2) is 0 Å². The van der Waals surface area contributed by atoms with Crippen molar-refractivity contribution >= 4 is 5.78 Å². The summed E-state index contributed by atoms with van der Waals surface area (Å²) in [6, 6.07) is 0. The van der Waals surface area contributed by atoms with Gasteiger partial charge < -0.3 is 4.79 Å². The zero-order valence-electron chi connectivity index (χ0n) is 7.62. The van der Waals surface area contributed by atoms with Crippen LogP contribution >= 0.6 is 0 Å². The van der Waals surface area contributed by atoms with Gasteiger partial charge in [0.1, 0.15) is 5.78 Å². The summed E-state index contributed by atoms with van der Waals surface area (Å²) in [6.45, 7) is 1.67. The molecule has 0 aromatic rings. The Morgan fingerprint density at radius 1 is 1.50 bits per heavy atom. The normalized spacial score (nSPS) is 22.2. The molecule has 1 aliphatic carbocycles. The highest BCUT2D eigenvalue weighted by Gasteiger charge is 2.06. The van der Waals surface area contributed by atoms with Crippen LogP contribution in [0, 0.1) is 5.92 Å². The number of ketones is 1. The van der Waals surface area contributed by atoms with Crippen LogP contribution in [0.2, 0.25) is 0 Å². The Kier molecular flexibility index (Phi) is 3.78. The summed E-state index contributed by atoms with van der Waals surface area (Å²) >= 11 is 0. The van der Waals surface area contributed by atoms with Gasteiger partial charge in [-0.25, -0.2) is 0 Å². The first-order valence-corrected chi connectivity index (χ1v) is 4.62. The van der Waals surface area contributed by atoms with Crippen molar-refractivity contribution in [1.29, 1.82) is 0 Å². The maximum atomic E-state index is 10.7. The van der Waals surface area contributed by atoms with E-state index in [1.54, 1.807) is 6.92 Å². The molecule has 1 heteroatoms. The molecule has 0 aliphatic heterocycles.